The highest BCUT2D eigenvalue weighted by molar-refractivity contribution is 7.99. The highest BCUT2D eigenvalue weighted by Gasteiger charge is 2.22. The summed E-state index contributed by atoms with van der Waals surface area (Å²) in [4.78, 5) is 31.7. The summed E-state index contributed by atoms with van der Waals surface area (Å²) in [6, 6.07) is 14.0. The van der Waals surface area contributed by atoms with Crippen molar-refractivity contribution >= 4 is 85.8 Å². The van der Waals surface area contributed by atoms with Crippen LogP contribution in [0.3, 0.4) is 0 Å². The predicted octanol–water partition coefficient (Wildman–Crippen LogP) is 6.32. The molecule has 0 saturated carbocycles. The third kappa shape index (κ3) is 7.18. The Hall–Kier alpha value is -2.14. The molecule has 178 valence electrons. The van der Waals surface area contributed by atoms with Crippen LogP contribution in [0.25, 0.3) is 0 Å². The summed E-state index contributed by atoms with van der Waals surface area (Å²) in [5, 5.41) is 0.779. The lowest BCUT2D eigenvalue weighted by Crippen LogP contribution is -2.28. The molecule has 13 heteroatoms. The molecular formula is C21H14Cl4N2O5S2. The molecule has 0 radical (unpaired) electrons. The van der Waals surface area contributed by atoms with Gasteiger partial charge in [-0.15, -0.1) is 0 Å². The first kappa shape index (κ1) is 26.5. The Labute approximate surface area is 219 Å². The topological polar surface area (TPSA) is 102 Å². The van der Waals surface area contributed by atoms with E-state index in [1.807, 2.05) is 5.48 Å². The van der Waals surface area contributed by atoms with Gasteiger partial charge in [-0.05, 0) is 54.6 Å². The third-order valence-corrected chi connectivity index (χ3v) is 6.69. The molecule has 0 atom stereocenters. The van der Waals surface area contributed by atoms with Gasteiger partial charge < -0.3 is 4.84 Å². The average molecular weight is 580 g/mol. The van der Waals surface area contributed by atoms with Crippen LogP contribution in [0.4, 0.5) is 5.69 Å². The van der Waals surface area contributed by atoms with Gasteiger partial charge in [-0.2, -0.15) is 5.48 Å². The molecule has 0 aliphatic carbocycles. The lowest BCUT2D eigenvalue weighted by molar-refractivity contribution is 0.0230. The fraction of sp³-hybridized carbons (Fsp3) is 0.0476. The lowest BCUT2D eigenvalue weighted by Gasteiger charge is -2.14. The summed E-state index contributed by atoms with van der Waals surface area (Å²) in [7, 11) is -3.78. The van der Waals surface area contributed by atoms with Gasteiger partial charge in [-0.3, -0.25) is 9.52 Å². The number of nitrogens with one attached hydrogen (secondary N) is 2. The fourth-order valence-corrected chi connectivity index (χ4v) is 5.03. The van der Waals surface area contributed by atoms with Crippen LogP contribution in [0.5, 0.6) is 0 Å². The number of sulfonamides is 1. The molecule has 0 spiro atoms. The number of carbonyl (C=O) groups excluding carboxylic acids is 2. The quantitative estimate of drug-likeness (QED) is 0.331. The van der Waals surface area contributed by atoms with Crippen molar-refractivity contribution in [1.82, 2.24) is 5.48 Å². The van der Waals surface area contributed by atoms with Crippen molar-refractivity contribution < 1.29 is 22.8 Å². The number of anilines is 1. The number of rotatable bonds is 6. The number of hydrogen-bond acceptors (Lipinski definition) is 6. The predicted molar refractivity (Wildman–Crippen MR) is 135 cm³/mol. The number of carbonyl (C=O) groups is 2. The molecule has 0 bridgehead atoms. The van der Waals surface area contributed by atoms with E-state index in [2.05, 4.69) is 4.72 Å². The Morgan fingerprint density at radius 3 is 2.12 bits per heavy atom. The lowest BCUT2D eigenvalue weighted by atomic mass is 10.2. The highest BCUT2D eigenvalue weighted by atomic mass is 35.5. The summed E-state index contributed by atoms with van der Waals surface area (Å²) < 4.78 is 25.4. The van der Waals surface area contributed by atoms with E-state index < -0.39 is 21.9 Å². The van der Waals surface area contributed by atoms with Crippen LogP contribution >= 0.6 is 58.2 Å². The monoisotopic (exact) mass is 578 g/mol. The third-order valence-electron chi connectivity index (χ3n) is 4.03. The Balaban J connectivity index is 1.82. The summed E-state index contributed by atoms with van der Waals surface area (Å²) in [5.74, 6) is -1.86. The van der Waals surface area contributed by atoms with Crippen LogP contribution < -0.4 is 10.2 Å². The number of amides is 1. The summed E-state index contributed by atoms with van der Waals surface area (Å²) >= 11 is 25.2. The van der Waals surface area contributed by atoms with Gasteiger partial charge >= 0.3 is 5.97 Å². The SMILES string of the molecule is CS(=O)(=O)Nc1c(Cl)cc(Cl)cc1C(=O)ONC(=O)c1cc(Cl)ccc1Sc1ccc(Cl)cc1. The molecule has 1 amide bonds. The van der Waals surface area contributed by atoms with Gasteiger partial charge in [-0.1, -0.05) is 58.2 Å². The van der Waals surface area contributed by atoms with Gasteiger partial charge in [0.2, 0.25) is 10.0 Å². The standard InChI is InChI=1S/C21H14Cl4N2O5S2/c1-34(30,31)27-19-16(9-13(24)10-17(19)25)21(29)32-26-20(28)15-8-12(23)4-7-18(15)33-14-5-2-11(22)3-6-14/h2-10,27H,1H3,(H,26,28). The summed E-state index contributed by atoms with van der Waals surface area (Å²) in [5.41, 5.74) is 1.64. The van der Waals surface area contributed by atoms with Crippen molar-refractivity contribution in [2.75, 3.05) is 11.0 Å². The van der Waals surface area contributed by atoms with E-state index in [1.165, 1.54) is 23.9 Å². The van der Waals surface area contributed by atoms with Crippen molar-refractivity contribution in [3.05, 3.63) is 85.8 Å². The van der Waals surface area contributed by atoms with E-state index in [9.17, 15) is 18.0 Å². The van der Waals surface area contributed by atoms with Crippen LogP contribution in [0, 0.1) is 0 Å². The zero-order chi connectivity index (χ0) is 25.0. The molecule has 0 aliphatic rings. The molecule has 3 aromatic rings. The number of hydroxylamine groups is 1. The average Bonchev–Trinajstić information content (AvgIpc) is 2.75. The molecular weight excluding hydrogens is 566 g/mol. The Kier molecular flexibility index (Phi) is 8.62. The van der Waals surface area contributed by atoms with Gasteiger partial charge in [0.05, 0.1) is 28.1 Å². The van der Waals surface area contributed by atoms with Crippen molar-refractivity contribution in [3.8, 4) is 0 Å². The van der Waals surface area contributed by atoms with Crippen molar-refractivity contribution in [2.24, 2.45) is 0 Å². The first-order chi connectivity index (χ1) is 15.9. The largest absolute Gasteiger partial charge is 0.365 e. The number of benzene rings is 3. The van der Waals surface area contributed by atoms with Gasteiger partial charge in [0.1, 0.15) is 0 Å². The first-order valence-electron chi connectivity index (χ1n) is 9.14. The second-order valence-electron chi connectivity index (χ2n) is 6.70. The molecule has 0 unspecified atom stereocenters. The number of halogens is 4. The Bertz CT molecular complexity index is 1370. The van der Waals surface area contributed by atoms with Crippen LogP contribution in [0.15, 0.2) is 64.4 Å². The second-order valence-corrected chi connectivity index (χ2v) is 11.3. The summed E-state index contributed by atoms with van der Waals surface area (Å²) in [6.07, 6.45) is 0.883. The molecule has 2 N–H and O–H groups in total. The fourth-order valence-electron chi connectivity index (χ4n) is 2.62. The van der Waals surface area contributed by atoms with Crippen LogP contribution in [0.1, 0.15) is 20.7 Å². The zero-order valence-electron chi connectivity index (χ0n) is 17.1. The van der Waals surface area contributed by atoms with Crippen LogP contribution in [-0.4, -0.2) is 26.6 Å². The maximum Gasteiger partial charge on any atom is 0.365 e. The second kappa shape index (κ2) is 11.1. The minimum Gasteiger partial charge on any atom is -0.335 e. The van der Waals surface area contributed by atoms with Gasteiger partial charge in [-0.25, -0.2) is 13.2 Å². The molecule has 7 nitrogen and oxygen atoms in total. The molecule has 0 fully saturated rings. The molecule has 0 aromatic heterocycles. The van der Waals surface area contributed by atoms with E-state index in [0.717, 1.165) is 17.2 Å². The van der Waals surface area contributed by atoms with Gasteiger partial charge in [0, 0.05) is 24.9 Å². The summed E-state index contributed by atoms with van der Waals surface area (Å²) in [6.45, 7) is 0. The number of hydrogen-bond donors (Lipinski definition) is 2. The first-order valence-corrected chi connectivity index (χ1v) is 13.4. The van der Waals surface area contributed by atoms with Crippen molar-refractivity contribution in [2.45, 2.75) is 9.79 Å². The molecule has 3 rings (SSSR count). The Morgan fingerprint density at radius 2 is 1.47 bits per heavy atom. The maximum absolute atomic E-state index is 12.8. The van der Waals surface area contributed by atoms with Crippen LogP contribution in [-0.2, 0) is 14.9 Å². The van der Waals surface area contributed by atoms with E-state index in [4.69, 9.17) is 51.2 Å². The maximum atomic E-state index is 12.8. The molecule has 0 saturated heterocycles. The van der Waals surface area contributed by atoms with E-state index in [1.54, 1.807) is 36.4 Å². The molecule has 3 aromatic carbocycles. The van der Waals surface area contributed by atoms with Crippen molar-refractivity contribution in [1.29, 1.82) is 0 Å². The minimum absolute atomic E-state index is 0.0545. The van der Waals surface area contributed by atoms with Gasteiger partial charge in [0.25, 0.3) is 5.91 Å². The molecule has 0 aliphatic heterocycles. The molecule has 0 heterocycles. The van der Waals surface area contributed by atoms with E-state index in [0.29, 0.717) is 9.92 Å². The van der Waals surface area contributed by atoms with Crippen LogP contribution in [0.2, 0.25) is 20.1 Å². The van der Waals surface area contributed by atoms with Crippen molar-refractivity contribution in [3.63, 3.8) is 0 Å². The Morgan fingerprint density at radius 1 is 0.853 bits per heavy atom. The molecule has 34 heavy (non-hydrogen) atoms. The smallest absolute Gasteiger partial charge is 0.335 e. The van der Waals surface area contributed by atoms with E-state index >= 15 is 0 Å². The normalized spacial score (nSPS) is 11.1. The zero-order valence-corrected chi connectivity index (χ0v) is 21.7. The van der Waals surface area contributed by atoms with E-state index in [-0.39, 0.29) is 31.9 Å². The minimum atomic E-state index is -3.78. The van der Waals surface area contributed by atoms with Gasteiger partial charge in [0.15, 0.2) is 0 Å². The highest BCUT2D eigenvalue weighted by Crippen LogP contribution is 2.33.